The van der Waals surface area contributed by atoms with Crippen LogP contribution in [0.15, 0.2) is 0 Å². The average Bonchev–Trinajstić information content (AvgIpc) is 2.24. The first-order valence-electron chi connectivity index (χ1n) is 7.29. The molecule has 0 aliphatic carbocycles. The van der Waals surface area contributed by atoms with Crippen molar-refractivity contribution in [2.45, 2.75) is 82.3 Å². The van der Waals surface area contributed by atoms with Gasteiger partial charge in [-0.3, -0.25) is 0 Å². The Hall–Kier alpha value is 0.914. The SMILES string of the molecule is CCC[Si]1(Br)CC[Si](CCC)(CCC)CC1. The summed E-state index contributed by atoms with van der Waals surface area (Å²) in [6, 6.07) is 11.3. The molecule has 96 valence electrons. The van der Waals surface area contributed by atoms with E-state index in [0.29, 0.717) is 0 Å². The maximum Gasteiger partial charge on any atom is 0.129 e. The summed E-state index contributed by atoms with van der Waals surface area (Å²) >= 11 is 4.17. The quantitative estimate of drug-likeness (QED) is 0.414. The highest BCUT2D eigenvalue weighted by atomic mass is 79.9. The zero-order valence-corrected chi connectivity index (χ0v) is 15.0. The maximum absolute atomic E-state index is 4.17. The third-order valence-electron chi connectivity index (χ3n) is 4.47. The van der Waals surface area contributed by atoms with Crippen LogP contribution >= 0.6 is 15.3 Å². The summed E-state index contributed by atoms with van der Waals surface area (Å²) < 4.78 is 0. The molecular formula is C13H29BrSi2. The first-order chi connectivity index (χ1) is 7.60. The molecule has 0 aromatic heterocycles. The van der Waals surface area contributed by atoms with Gasteiger partial charge in [-0.2, -0.15) is 0 Å². The van der Waals surface area contributed by atoms with Crippen LogP contribution in [-0.2, 0) is 0 Å². The summed E-state index contributed by atoms with van der Waals surface area (Å²) in [6.07, 6.45) is 4.28. The van der Waals surface area contributed by atoms with Gasteiger partial charge in [0.25, 0.3) is 0 Å². The molecule has 1 heterocycles. The van der Waals surface area contributed by atoms with Crippen molar-refractivity contribution in [3.05, 3.63) is 0 Å². The van der Waals surface area contributed by atoms with E-state index in [1.807, 2.05) is 0 Å². The van der Waals surface area contributed by atoms with E-state index in [1.54, 1.807) is 36.3 Å². The number of hydrogen-bond acceptors (Lipinski definition) is 0. The minimum atomic E-state index is -0.936. The second-order valence-corrected chi connectivity index (χ2v) is 19.7. The Balaban J connectivity index is 2.54. The Morgan fingerprint density at radius 2 is 1.19 bits per heavy atom. The number of rotatable bonds is 6. The maximum atomic E-state index is 4.17. The van der Waals surface area contributed by atoms with Gasteiger partial charge in [0.2, 0.25) is 0 Å². The lowest BCUT2D eigenvalue weighted by molar-refractivity contribution is 0.914. The Kier molecular flexibility index (Phi) is 6.31. The molecule has 0 saturated carbocycles. The summed E-state index contributed by atoms with van der Waals surface area (Å²) in [7, 11) is -0.796. The molecule has 0 amide bonds. The fraction of sp³-hybridized carbons (Fsp3) is 1.00. The van der Waals surface area contributed by atoms with Crippen molar-refractivity contribution in [1.29, 1.82) is 0 Å². The molecule has 16 heavy (non-hydrogen) atoms. The van der Waals surface area contributed by atoms with Gasteiger partial charge < -0.3 is 0 Å². The fourth-order valence-electron chi connectivity index (χ4n) is 3.61. The molecule has 0 nitrogen and oxygen atoms in total. The minimum absolute atomic E-state index is 0.796. The molecule has 0 aromatic rings. The second-order valence-electron chi connectivity index (χ2n) is 5.90. The van der Waals surface area contributed by atoms with Gasteiger partial charge in [-0.1, -0.05) is 64.2 Å². The highest BCUT2D eigenvalue weighted by Gasteiger charge is 2.42. The third-order valence-corrected chi connectivity index (χ3v) is 18.5. The van der Waals surface area contributed by atoms with Crippen LogP contribution in [-0.4, -0.2) is 14.8 Å². The van der Waals surface area contributed by atoms with Gasteiger partial charge in [-0.25, -0.2) is 0 Å². The first-order valence-corrected chi connectivity index (χ1v) is 15.0. The molecule has 0 unspecified atom stereocenters. The van der Waals surface area contributed by atoms with E-state index in [2.05, 4.69) is 36.1 Å². The first kappa shape index (κ1) is 15.0. The molecular weight excluding hydrogens is 292 g/mol. The molecule has 0 atom stereocenters. The largest absolute Gasteiger partial charge is 0.129 e. The molecule has 1 fully saturated rings. The molecule has 1 saturated heterocycles. The summed E-state index contributed by atoms with van der Waals surface area (Å²) in [5.74, 6) is 0. The molecule has 0 N–H and O–H groups in total. The Labute approximate surface area is 112 Å². The molecule has 0 radical (unpaired) electrons. The van der Waals surface area contributed by atoms with Crippen molar-refractivity contribution < 1.29 is 0 Å². The van der Waals surface area contributed by atoms with Gasteiger partial charge in [-0.05, 0) is 18.1 Å². The van der Waals surface area contributed by atoms with E-state index in [9.17, 15) is 0 Å². The highest BCUT2D eigenvalue weighted by Crippen LogP contribution is 2.45. The lowest BCUT2D eigenvalue weighted by Gasteiger charge is -2.42. The van der Waals surface area contributed by atoms with E-state index in [0.717, 1.165) is 0 Å². The van der Waals surface area contributed by atoms with Crippen molar-refractivity contribution in [3.63, 3.8) is 0 Å². The van der Waals surface area contributed by atoms with Crippen LogP contribution in [0.25, 0.3) is 0 Å². The molecule has 0 spiro atoms. The highest BCUT2D eigenvalue weighted by molar-refractivity contribution is 9.26. The van der Waals surface area contributed by atoms with Crippen molar-refractivity contribution in [3.8, 4) is 0 Å². The predicted molar refractivity (Wildman–Crippen MR) is 85.0 cm³/mol. The van der Waals surface area contributed by atoms with Crippen molar-refractivity contribution in [2.24, 2.45) is 0 Å². The predicted octanol–water partition coefficient (Wildman–Crippen LogP) is 6.02. The topological polar surface area (TPSA) is 0 Å². The van der Waals surface area contributed by atoms with Crippen molar-refractivity contribution in [2.75, 3.05) is 0 Å². The van der Waals surface area contributed by atoms with Crippen LogP contribution in [0.1, 0.15) is 40.0 Å². The summed E-state index contributed by atoms with van der Waals surface area (Å²) in [5.41, 5.74) is 0. The van der Waals surface area contributed by atoms with E-state index in [4.69, 9.17) is 0 Å². The van der Waals surface area contributed by atoms with E-state index in [-0.39, 0.29) is 0 Å². The fourth-order valence-corrected chi connectivity index (χ4v) is 21.5. The molecule has 3 heteroatoms. The minimum Gasteiger partial charge on any atom is -0.126 e. The van der Waals surface area contributed by atoms with Crippen LogP contribution in [0, 0.1) is 0 Å². The van der Waals surface area contributed by atoms with Crippen molar-refractivity contribution >= 4 is 30.1 Å². The Morgan fingerprint density at radius 1 is 0.750 bits per heavy atom. The Morgan fingerprint density at radius 3 is 1.56 bits per heavy atom. The molecule has 1 aliphatic heterocycles. The lowest BCUT2D eigenvalue weighted by Crippen LogP contribution is -2.43. The molecule has 1 aliphatic rings. The molecule has 0 aromatic carbocycles. The summed E-state index contributed by atoms with van der Waals surface area (Å²) in [6.45, 7) is 6.20. The molecule has 0 bridgehead atoms. The summed E-state index contributed by atoms with van der Waals surface area (Å²) in [5, 5.41) is 0. The average molecular weight is 321 g/mol. The summed E-state index contributed by atoms with van der Waals surface area (Å²) in [4.78, 5) is 0. The monoisotopic (exact) mass is 320 g/mol. The Bertz CT molecular complexity index is 190. The van der Waals surface area contributed by atoms with Crippen LogP contribution in [0.4, 0.5) is 0 Å². The van der Waals surface area contributed by atoms with Crippen LogP contribution in [0.2, 0.25) is 42.3 Å². The van der Waals surface area contributed by atoms with E-state index in [1.165, 1.54) is 25.3 Å². The van der Waals surface area contributed by atoms with Gasteiger partial charge in [0.1, 0.15) is 6.69 Å². The smallest absolute Gasteiger partial charge is 0.126 e. The van der Waals surface area contributed by atoms with Crippen LogP contribution in [0.5, 0.6) is 0 Å². The van der Waals surface area contributed by atoms with Gasteiger partial charge in [0.15, 0.2) is 0 Å². The number of halogens is 1. The van der Waals surface area contributed by atoms with Crippen LogP contribution < -0.4 is 0 Å². The van der Waals surface area contributed by atoms with Gasteiger partial charge in [0.05, 0.1) is 8.07 Å². The standard InChI is InChI=1S/C13H29BrSi2/c1-4-7-15(8-5-2)10-12-16(14,9-6-3)13-11-15/h4-13H2,1-3H3. The molecule has 1 rings (SSSR count). The van der Waals surface area contributed by atoms with Gasteiger partial charge >= 0.3 is 0 Å². The lowest BCUT2D eigenvalue weighted by atomic mass is 10.6. The van der Waals surface area contributed by atoms with E-state index < -0.39 is 14.8 Å². The second kappa shape index (κ2) is 6.74. The zero-order chi connectivity index (χ0) is 12.1. The van der Waals surface area contributed by atoms with Gasteiger partial charge in [-0.15, -0.1) is 15.3 Å². The van der Waals surface area contributed by atoms with Crippen molar-refractivity contribution in [1.82, 2.24) is 0 Å². The number of hydrogen-bond donors (Lipinski definition) is 0. The third kappa shape index (κ3) is 3.99. The van der Waals surface area contributed by atoms with E-state index >= 15 is 0 Å². The normalized spacial score (nSPS) is 23.2. The van der Waals surface area contributed by atoms with Crippen LogP contribution in [0.3, 0.4) is 0 Å². The van der Waals surface area contributed by atoms with Gasteiger partial charge in [0, 0.05) is 0 Å². The zero-order valence-electron chi connectivity index (χ0n) is 11.4.